The van der Waals surface area contributed by atoms with Crippen molar-refractivity contribution >= 4 is 0 Å². The lowest BCUT2D eigenvalue weighted by Gasteiger charge is -2.30. The molecule has 1 aromatic heterocycles. The zero-order chi connectivity index (χ0) is 11.4. The van der Waals surface area contributed by atoms with E-state index in [2.05, 4.69) is 17.2 Å². The van der Waals surface area contributed by atoms with Gasteiger partial charge in [0.05, 0.1) is 6.20 Å². The Labute approximate surface area is 97.6 Å². The molecule has 0 saturated heterocycles. The molecule has 1 aliphatic carbocycles. The van der Waals surface area contributed by atoms with Crippen molar-refractivity contribution in [3.05, 3.63) is 17.8 Å². The molecule has 0 unspecified atom stereocenters. The summed E-state index contributed by atoms with van der Waals surface area (Å²) in [6, 6.07) is 0. The smallest absolute Gasteiger partial charge is 0.195 e. The highest BCUT2D eigenvalue weighted by Crippen LogP contribution is 2.39. The largest absolute Gasteiger partial charge is 0.445 e. The fraction of sp³-hybridized carbons (Fsp3) is 0.769. The van der Waals surface area contributed by atoms with Crippen LogP contribution in [0, 0.1) is 0 Å². The predicted octanol–water partition coefficient (Wildman–Crippen LogP) is 2.66. The average Bonchev–Trinajstić information content (AvgIpc) is 2.77. The zero-order valence-corrected chi connectivity index (χ0v) is 10.4. The van der Waals surface area contributed by atoms with Crippen molar-refractivity contribution in [2.45, 2.75) is 50.9 Å². The number of likely N-dealkylation sites (N-methyl/N-ethyl adjacent to an activating group) is 1. The van der Waals surface area contributed by atoms with Crippen molar-refractivity contribution in [3.8, 4) is 0 Å². The summed E-state index contributed by atoms with van der Waals surface area (Å²) in [5, 5.41) is 3.11. The van der Waals surface area contributed by atoms with Crippen LogP contribution in [0.15, 0.2) is 10.6 Å². The fourth-order valence-corrected chi connectivity index (χ4v) is 2.52. The Morgan fingerprint density at radius 3 is 2.81 bits per heavy atom. The van der Waals surface area contributed by atoms with E-state index in [4.69, 9.17) is 4.42 Å². The summed E-state index contributed by atoms with van der Waals surface area (Å²) in [5.74, 6) is 1.97. The monoisotopic (exact) mass is 222 g/mol. The van der Waals surface area contributed by atoms with Crippen LogP contribution in [0.25, 0.3) is 0 Å². The molecule has 3 nitrogen and oxygen atoms in total. The summed E-state index contributed by atoms with van der Waals surface area (Å²) in [6.07, 6.45) is 9.33. The second kappa shape index (κ2) is 5.00. The van der Waals surface area contributed by atoms with E-state index in [1.165, 1.54) is 32.1 Å². The van der Waals surface area contributed by atoms with Crippen molar-refractivity contribution < 1.29 is 4.42 Å². The summed E-state index contributed by atoms with van der Waals surface area (Å²) in [5.41, 5.74) is 0.239. The minimum Gasteiger partial charge on any atom is -0.445 e. The number of nitrogens with zero attached hydrogens (tertiary/aromatic N) is 1. The van der Waals surface area contributed by atoms with Crippen molar-refractivity contribution in [2.75, 3.05) is 13.6 Å². The molecule has 0 atom stereocenters. The second-order valence-corrected chi connectivity index (χ2v) is 5.09. The van der Waals surface area contributed by atoms with Gasteiger partial charge in [0, 0.05) is 18.4 Å². The zero-order valence-electron chi connectivity index (χ0n) is 10.4. The molecule has 0 bridgehead atoms. The minimum atomic E-state index is 0.239. The molecule has 1 fully saturated rings. The minimum absolute atomic E-state index is 0.239. The van der Waals surface area contributed by atoms with Crippen molar-refractivity contribution in [2.24, 2.45) is 0 Å². The van der Waals surface area contributed by atoms with Gasteiger partial charge in [-0.05, 0) is 19.9 Å². The quantitative estimate of drug-likeness (QED) is 0.851. The second-order valence-electron chi connectivity index (χ2n) is 5.09. The van der Waals surface area contributed by atoms with Crippen LogP contribution in [0.4, 0.5) is 0 Å². The van der Waals surface area contributed by atoms with E-state index < -0.39 is 0 Å². The van der Waals surface area contributed by atoms with Gasteiger partial charge in [0.2, 0.25) is 0 Å². The molecule has 3 heteroatoms. The topological polar surface area (TPSA) is 38.1 Å². The van der Waals surface area contributed by atoms with Gasteiger partial charge in [-0.3, -0.25) is 0 Å². The highest BCUT2D eigenvalue weighted by molar-refractivity contribution is 5.11. The van der Waals surface area contributed by atoms with Gasteiger partial charge in [-0.2, -0.15) is 0 Å². The third-order valence-corrected chi connectivity index (χ3v) is 3.69. The van der Waals surface area contributed by atoms with E-state index in [0.717, 1.165) is 24.6 Å². The molecule has 1 heterocycles. The van der Waals surface area contributed by atoms with Gasteiger partial charge >= 0.3 is 0 Å². The molecule has 2 rings (SSSR count). The lowest BCUT2D eigenvalue weighted by Crippen LogP contribution is -2.24. The molecule has 1 saturated carbocycles. The lowest BCUT2D eigenvalue weighted by molar-refractivity contribution is 0.261. The molecule has 16 heavy (non-hydrogen) atoms. The number of hydrogen-bond donors (Lipinski definition) is 1. The molecule has 0 aliphatic heterocycles. The molecule has 1 aromatic rings. The first-order valence-corrected chi connectivity index (χ1v) is 6.34. The van der Waals surface area contributed by atoms with E-state index in [-0.39, 0.29) is 5.41 Å². The van der Waals surface area contributed by atoms with Crippen molar-refractivity contribution in [1.29, 1.82) is 0 Å². The Morgan fingerprint density at radius 2 is 2.12 bits per heavy atom. The molecule has 0 aromatic carbocycles. The SMILES string of the molecule is CNCCc1ncc(C2(C)CCCCC2)o1. The summed E-state index contributed by atoms with van der Waals surface area (Å²) in [4.78, 5) is 4.37. The Hall–Kier alpha value is -0.830. The Bertz CT molecular complexity index is 326. The van der Waals surface area contributed by atoms with Crippen LogP contribution in [-0.4, -0.2) is 18.6 Å². The number of nitrogens with one attached hydrogen (secondary N) is 1. The van der Waals surface area contributed by atoms with Gasteiger partial charge in [-0.15, -0.1) is 0 Å². The van der Waals surface area contributed by atoms with Gasteiger partial charge in [0.15, 0.2) is 5.89 Å². The third kappa shape index (κ3) is 2.46. The van der Waals surface area contributed by atoms with Crippen LogP contribution in [0.3, 0.4) is 0 Å². The summed E-state index contributed by atoms with van der Waals surface area (Å²) >= 11 is 0. The molecular formula is C13H22N2O. The molecular weight excluding hydrogens is 200 g/mol. The summed E-state index contributed by atoms with van der Waals surface area (Å²) in [6.45, 7) is 3.24. The Morgan fingerprint density at radius 1 is 1.38 bits per heavy atom. The van der Waals surface area contributed by atoms with Gasteiger partial charge in [-0.1, -0.05) is 26.2 Å². The molecule has 90 valence electrons. The number of hydrogen-bond acceptors (Lipinski definition) is 3. The average molecular weight is 222 g/mol. The van der Waals surface area contributed by atoms with Gasteiger partial charge < -0.3 is 9.73 Å². The molecule has 0 amide bonds. The van der Waals surface area contributed by atoms with Crippen LogP contribution in [-0.2, 0) is 11.8 Å². The summed E-state index contributed by atoms with van der Waals surface area (Å²) in [7, 11) is 1.95. The number of rotatable bonds is 4. The first kappa shape index (κ1) is 11.6. The summed E-state index contributed by atoms with van der Waals surface area (Å²) < 4.78 is 5.88. The predicted molar refractivity (Wildman–Crippen MR) is 64.6 cm³/mol. The first-order chi connectivity index (χ1) is 7.74. The first-order valence-electron chi connectivity index (χ1n) is 6.34. The Balaban J connectivity index is 2.05. The maximum absolute atomic E-state index is 5.88. The van der Waals surface area contributed by atoms with E-state index in [1.54, 1.807) is 0 Å². The van der Waals surface area contributed by atoms with Crippen LogP contribution < -0.4 is 5.32 Å². The molecule has 1 N–H and O–H groups in total. The molecule has 1 aliphatic rings. The van der Waals surface area contributed by atoms with Crippen molar-refractivity contribution in [3.63, 3.8) is 0 Å². The van der Waals surface area contributed by atoms with E-state index >= 15 is 0 Å². The highest BCUT2D eigenvalue weighted by Gasteiger charge is 2.32. The van der Waals surface area contributed by atoms with Crippen LogP contribution in [0.5, 0.6) is 0 Å². The van der Waals surface area contributed by atoms with E-state index in [0.29, 0.717) is 0 Å². The van der Waals surface area contributed by atoms with Gasteiger partial charge in [-0.25, -0.2) is 4.98 Å². The van der Waals surface area contributed by atoms with Crippen LogP contribution in [0.2, 0.25) is 0 Å². The third-order valence-electron chi connectivity index (χ3n) is 3.69. The van der Waals surface area contributed by atoms with Gasteiger partial charge in [0.25, 0.3) is 0 Å². The number of aromatic nitrogens is 1. The van der Waals surface area contributed by atoms with Crippen LogP contribution >= 0.6 is 0 Å². The standard InChI is InChI=1S/C13H22N2O/c1-13(7-4-3-5-8-13)11-10-15-12(16-11)6-9-14-2/h10,14H,3-9H2,1-2H3. The fourth-order valence-electron chi connectivity index (χ4n) is 2.52. The maximum atomic E-state index is 5.88. The normalized spacial score (nSPS) is 19.9. The van der Waals surface area contributed by atoms with Crippen molar-refractivity contribution in [1.82, 2.24) is 10.3 Å². The highest BCUT2D eigenvalue weighted by atomic mass is 16.4. The Kier molecular flexibility index (Phi) is 3.64. The maximum Gasteiger partial charge on any atom is 0.195 e. The van der Waals surface area contributed by atoms with E-state index in [9.17, 15) is 0 Å². The van der Waals surface area contributed by atoms with Gasteiger partial charge in [0.1, 0.15) is 5.76 Å². The van der Waals surface area contributed by atoms with Crippen LogP contribution in [0.1, 0.15) is 50.7 Å². The number of oxazole rings is 1. The lowest BCUT2D eigenvalue weighted by atomic mass is 9.74. The molecule has 0 radical (unpaired) electrons. The molecule has 0 spiro atoms. The van der Waals surface area contributed by atoms with E-state index in [1.807, 2.05) is 13.2 Å².